The Morgan fingerprint density at radius 1 is 1.47 bits per heavy atom. The van der Waals surface area contributed by atoms with Gasteiger partial charge in [-0.2, -0.15) is 0 Å². The van der Waals surface area contributed by atoms with Crippen LogP contribution in [0.1, 0.15) is 6.92 Å². The van der Waals surface area contributed by atoms with Crippen molar-refractivity contribution < 1.29 is 23.1 Å². The molecule has 1 rings (SSSR count). The lowest BCUT2D eigenvalue weighted by atomic mass is 10.4. The van der Waals surface area contributed by atoms with Crippen LogP contribution in [0.2, 0.25) is 0 Å². The minimum atomic E-state index is -2.53. The van der Waals surface area contributed by atoms with Crippen molar-refractivity contribution in [3.8, 4) is 0 Å². The van der Waals surface area contributed by atoms with E-state index in [9.17, 15) is 9.36 Å². The Morgan fingerprint density at radius 3 is 2.53 bits per heavy atom. The first-order valence-electron chi connectivity index (χ1n) is 5.54. The molecule has 1 saturated heterocycles. The van der Waals surface area contributed by atoms with Crippen LogP contribution in [0, 0.1) is 0 Å². The van der Waals surface area contributed by atoms with Gasteiger partial charge in [0, 0.05) is 5.57 Å². The van der Waals surface area contributed by atoms with Crippen molar-refractivity contribution in [2.24, 2.45) is 0 Å². The predicted molar refractivity (Wildman–Crippen MR) is 66.0 cm³/mol. The molecule has 0 aromatic heterocycles. The molecule has 0 aromatic carbocycles. The molecule has 0 spiro atoms. The SMILES string of the molecule is C=C(C)C(=O)OCCP1(=O)OC1C[N+](C)(C)C. The molecule has 0 aromatic rings. The summed E-state index contributed by atoms with van der Waals surface area (Å²) in [7, 11) is 3.53. The van der Waals surface area contributed by atoms with E-state index in [1.165, 1.54) is 0 Å². The largest absolute Gasteiger partial charge is 0.462 e. The zero-order valence-electron chi connectivity index (χ0n) is 10.9. The molecule has 1 aliphatic rings. The summed E-state index contributed by atoms with van der Waals surface area (Å²) in [6, 6.07) is 0. The van der Waals surface area contributed by atoms with Crippen LogP contribution in [-0.4, -0.2) is 56.8 Å². The standard InChI is InChI=1S/C11H21NO4P/c1-9(2)11(13)15-6-7-17(14)10(16-17)8-12(3,4)5/h10H,1,6-8H2,2-5H3/q+1. The van der Waals surface area contributed by atoms with E-state index in [0.29, 0.717) is 22.8 Å². The molecule has 0 aliphatic carbocycles. The third-order valence-electron chi connectivity index (χ3n) is 2.38. The highest BCUT2D eigenvalue weighted by Crippen LogP contribution is 2.69. The van der Waals surface area contributed by atoms with Gasteiger partial charge in [-0.25, -0.2) is 4.79 Å². The van der Waals surface area contributed by atoms with E-state index in [1.54, 1.807) is 6.92 Å². The fourth-order valence-electron chi connectivity index (χ4n) is 1.39. The maximum atomic E-state index is 12.0. The molecule has 1 heterocycles. The second kappa shape index (κ2) is 4.92. The van der Waals surface area contributed by atoms with E-state index in [4.69, 9.17) is 9.26 Å². The lowest BCUT2D eigenvalue weighted by Crippen LogP contribution is -2.37. The molecule has 2 unspecified atom stereocenters. The van der Waals surface area contributed by atoms with Gasteiger partial charge in [-0.1, -0.05) is 6.58 Å². The molecule has 0 bridgehead atoms. The molecule has 6 heteroatoms. The Bertz CT molecular complexity index is 372. The molecule has 0 N–H and O–H groups in total. The average molecular weight is 262 g/mol. The Labute approximate surface area is 102 Å². The summed E-state index contributed by atoms with van der Waals surface area (Å²) >= 11 is 0. The van der Waals surface area contributed by atoms with Gasteiger partial charge in [-0.3, -0.25) is 4.57 Å². The third-order valence-corrected chi connectivity index (χ3v) is 4.74. The Morgan fingerprint density at radius 2 is 2.06 bits per heavy atom. The fraction of sp³-hybridized carbons (Fsp3) is 0.727. The summed E-state index contributed by atoms with van der Waals surface area (Å²) < 4.78 is 22.9. The lowest BCUT2D eigenvalue weighted by molar-refractivity contribution is -0.870. The van der Waals surface area contributed by atoms with Crippen LogP contribution in [0.3, 0.4) is 0 Å². The van der Waals surface area contributed by atoms with Gasteiger partial charge in [0.25, 0.3) is 0 Å². The van der Waals surface area contributed by atoms with E-state index in [2.05, 4.69) is 6.58 Å². The number of likely N-dealkylation sites (N-methyl/N-ethyl adjacent to an activating group) is 1. The molecule has 1 fully saturated rings. The van der Waals surface area contributed by atoms with Gasteiger partial charge in [0.2, 0.25) is 7.37 Å². The van der Waals surface area contributed by atoms with Gasteiger partial charge in [-0.05, 0) is 6.92 Å². The summed E-state index contributed by atoms with van der Waals surface area (Å²) in [5.41, 5.74) is 0.350. The summed E-state index contributed by atoms with van der Waals surface area (Å²) in [5.74, 6) is -0.618. The summed E-state index contributed by atoms with van der Waals surface area (Å²) in [6.07, 6.45) is 0.302. The van der Waals surface area contributed by atoms with Crippen LogP contribution in [-0.2, 0) is 18.6 Å². The number of rotatable bonds is 6. The topological polar surface area (TPSA) is 55.9 Å². The molecule has 0 saturated carbocycles. The number of hydrogen-bond acceptors (Lipinski definition) is 4. The molecule has 0 radical (unpaired) electrons. The van der Waals surface area contributed by atoms with E-state index >= 15 is 0 Å². The van der Waals surface area contributed by atoms with E-state index < -0.39 is 13.3 Å². The number of carbonyl (C=O) groups excluding carboxylic acids is 1. The van der Waals surface area contributed by atoms with E-state index in [1.807, 2.05) is 21.1 Å². The Balaban J connectivity index is 2.28. The van der Waals surface area contributed by atoms with Gasteiger partial charge in [0.05, 0.1) is 27.3 Å². The summed E-state index contributed by atoms with van der Waals surface area (Å²) in [6.45, 7) is 5.90. The number of quaternary nitrogens is 1. The smallest absolute Gasteiger partial charge is 0.333 e. The molecular weight excluding hydrogens is 241 g/mol. The molecule has 1 aliphatic heterocycles. The van der Waals surface area contributed by atoms with Gasteiger partial charge in [-0.15, -0.1) is 0 Å². The minimum Gasteiger partial charge on any atom is -0.462 e. The van der Waals surface area contributed by atoms with Gasteiger partial charge in [0.1, 0.15) is 13.2 Å². The molecule has 2 atom stereocenters. The number of ether oxygens (including phenoxy) is 1. The first-order chi connectivity index (χ1) is 7.64. The van der Waals surface area contributed by atoms with Gasteiger partial charge < -0.3 is 13.7 Å². The second-order valence-electron chi connectivity index (χ2n) is 5.40. The van der Waals surface area contributed by atoms with Crippen molar-refractivity contribution >= 4 is 13.3 Å². The summed E-state index contributed by atoms with van der Waals surface area (Å²) in [4.78, 5) is 11.1. The first-order valence-corrected chi connectivity index (χ1v) is 7.42. The number of esters is 1. The van der Waals surface area contributed by atoms with E-state index in [-0.39, 0.29) is 12.5 Å². The minimum absolute atomic E-state index is 0.136. The van der Waals surface area contributed by atoms with Gasteiger partial charge in [0.15, 0.2) is 5.85 Å². The highest BCUT2D eigenvalue weighted by molar-refractivity contribution is 7.65. The van der Waals surface area contributed by atoms with Crippen LogP contribution in [0.15, 0.2) is 12.2 Å². The van der Waals surface area contributed by atoms with Crippen molar-refractivity contribution in [3.05, 3.63) is 12.2 Å². The van der Waals surface area contributed by atoms with Gasteiger partial charge >= 0.3 is 5.97 Å². The highest BCUT2D eigenvalue weighted by atomic mass is 31.2. The quantitative estimate of drug-likeness (QED) is 0.239. The van der Waals surface area contributed by atoms with Crippen LogP contribution in [0.5, 0.6) is 0 Å². The maximum Gasteiger partial charge on any atom is 0.333 e. The number of hydrogen-bond donors (Lipinski definition) is 0. The molecule has 98 valence electrons. The zero-order valence-corrected chi connectivity index (χ0v) is 11.8. The lowest BCUT2D eigenvalue weighted by Gasteiger charge is -2.22. The third kappa shape index (κ3) is 4.62. The van der Waals surface area contributed by atoms with Crippen molar-refractivity contribution in [1.82, 2.24) is 0 Å². The Hall–Kier alpha value is -0.640. The highest BCUT2D eigenvalue weighted by Gasteiger charge is 2.54. The van der Waals surface area contributed by atoms with Crippen molar-refractivity contribution in [2.45, 2.75) is 12.8 Å². The normalized spacial score (nSPS) is 27.6. The van der Waals surface area contributed by atoms with Crippen LogP contribution in [0.25, 0.3) is 0 Å². The van der Waals surface area contributed by atoms with Crippen molar-refractivity contribution in [1.29, 1.82) is 0 Å². The Kier molecular flexibility index (Phi) is 4.18. The molecule has 0 amide bonds. The maximum absolute atomic E-state index is 12.0. The van der Waals surface area contributed by atoms with Crippen molar-refractivity contribution in [3.63, 3.8) is 0 Å². The van der Waals surface area contributed by atoms with Crippen LogP contribution in [0.4, 0.5) is 0 Å². The number of nitrogens with zero attached hydrogens (tertiary/aromatic N) is 1. The second-order valence-corrected chi connectivity index (χ2v) is 8.09. The first kappa shape index (κ1) is 14.4. The molecule has 5 nitrogen and oxygen atoms in total. The van der Waals surface area contributed by atoms with E-state index in [0.717, 1.165) is 0 Å². The van der Waals surface area contributed by atoms with Crippen molar-refractivity contribution in [2.75, 3.05) is 40.5 Å². The fourth-order valence-corrected chi connectivity index (χ4v) is 3.61. The summed E-state index contributed by atoms with van der Waals surface area (Å²) in [5, 5.41) is 0. The monoisotopic (exact) mass is 262 g/mol. The van der Waals surface area contributed by atoms with Crippen LogP contribution >= 0.6 is 7.37 Å². The van der Waals surface area contributed by atoms with Crippen LogP contribution < -0.4 is 0 Å². The predicted octanol–water partition coefficient (Wildman–Crippen LogP) is 1.45. The molecular formula is C11H21NO4P+. The average Bonchev–Trinajstić information content (AvgIpc) is 2.73. The molecule has 17 heavy (non-hydrogen) atoms. The number of carbonyl (C=O) groups is 1. The zero-order chi connectivity index (χ0) is 13.3.